The molecule has 0 saturated heterocycles. The Morgan fingerprint density at radius 3 is 2.41 bits per heavy atom. The van der Waals surface area contributed by atoms with E-state index in [1.54, 1.807) is 12.1 Å². The Kier molecular flexibility index (Phi) is 7.04. The van der Waals surface area contributed by atoms with Crippen LogP contribution in [0.1, 0.15) is 0 Å². The molecule has 144 valence electrons. The van der Waals surface area contributed by atoms with Gasteiger partial charge in [-0.05, 0) is 30.3 Å². The van der Waals surface area contributed by atoms with Crippen LogP contribution in [0.25, 0.3) is 11.3 Å². The van der Waals surface area contributed by atoms with Crippen LogP contribution in [0.4, 0.5) is 5.69 Å². The van der Waals surface area contributed by atoms with Crippen molar-refractivity contribution in [3.05, 3.63) is 63.7 Å². The lowest BCUT2D eigenvalue weighted by Crippen LogP contribution is -2.22. The zero-order valence-corrected chi connectivity index (χ0v) is 19.1. The van der Waals surface area contributed by atoms with Crippen LogP contribution in [0.5, 0.6) is 0 Å². The summed E-state index contributed by atoms with van der Waals surface area (Å²) >= 11 is 7.67. The van der Waals surface area contributed by atoms with E-state index in [4.69, 9.17) is 11.6 Å². The first-order valence-corrected chi connectivity index (χ1v) is 10.5. The Balaban J connectivity index is 0.00000261. The molecule has 0 spiro atoms. The van der Waals surface area contributed by atoms with Crippen molar-refractivity contribution in [2.75, 3.05) is 14.1 Å². The zero-order chi connectivity index (χ0) is 18.9. The maximum absolute atomic E-state index is 12.4. The third-order valence-corrected chi connectivity index (χ3v) is 6.78. The minimum atomic E-state index is -3.56. The zero-order valence-electron chi connectivity index (χ0n) is 15.0. The van der Waals surface area contributed by atoms with E-state index >= 15 is 0 Å². The van der Waals surface area contributed by atoms with E-state index in [0.29, 0.717) is 5.02 Å². The van der Waals surface area contributed by atoms with Gasteiger partial charge in [-0.15, -0.1) is 28.3 Å². The molecule has 0 saturated carbocycles. The molecule has 0 atom stereocenters. The average molecular weight is 489 g/mol. The number of nitrogens with zero attached hydrogens (tertiary/aromatic N) is 3. The highest BCUT2D eigenvalue weighted by Gasteiger charge is 2.19. The fourth-order valence-electron chi connectivity index (χ4n) is 2.42. The summed E-state index contributed by atoms with van der Waals surface area (Å²) in [5.41, 5.74) is 2.44. The monoisotopic (exact) mass is 487 g/mol. The van der Waals surface area contributed by atoms with E-state index in [0.717, 1.165) is 21.7 Å². The fraction of sp³-hybridized carbons (Fsp3) is 0.167. The Morgan fingerprint density at radius 2 is 1.78 bits per heavy atom. The van der Waals surface area contributed by atoms with Crippen LogP contribution in [-0.4, -0.2) is 31.4 Å². The lowest BCUT2D eigenvalue weighted by molar-refractivity contribution is 0.521. The minimum absolute atomic E-state index is 0. The van der Waals surface area contributed by atoms with E-state index in [9.17, 15) is 8.42 Å². The number of sulfonamides is 1. The molecule has 0 N–H and O–H groups in total. The first kappa shape index (κ1) is 21.8. The van der Waals surface area contributed by atoms with Crippen LogP contribution in [0.3, 0.4) is 0 Å². The van der Waals surface area contributed by atoms with Crippen molar-refractivity contribution in [2.45, 2.75) is 4.90 Å². The number of benzene rings is 2. The number of aromatic nitrogens is 1. The van der Waals surface area contributed by atoms with Gasteiger partial charge in [-0.2, -0.15) is 0 Å². The molecule has 1 aromatic heterocycles. The molecule has 0 bridgehead atoms. The van der Waals surface area contributed by atoms with E-state index in [2.05, 4.69) is 4.99 Å². The Morgan fingerprint density at radius 1 is 1.11 bits per heavy atom. The Bertz CT molecular complexity index is 1110. The van der Waals surface area contributed by atoms with Crippen LogP contribution < -0.4 is 4.80 Å². The molecule has 3 aromatic rings. The van der Waals surface area contributed by atoms with Gasteiger partial charge in [-0.25, -0.2) is 17.7 Å². The Labute approximate surface area is 178 Å². The second-order valence-electron chi connectivity index (χ2n) is 5.87. The molecular formula is C18H19BrClN3O2S2. The van der Waals surface area contributed by atoms with Gasteiger partial charge in [0.1, 0.15) is 0 Å². The van der Waals surface area contributed by atoms with Crippen LogP contribution in [-0.2, 0) is 17.1 Å². The summed E-state index contributed by atoms with van der Waals surface area (Å²) in [7, 11) is 1.33. The van der Waals surface area contributed by atoms with Gasteiger partial charge in [-0.1, -0.05) is 29.8 Å². The molecule has 0 fully saturated rings. The third kappa shape index (κ3) is 4.70. The molecular weight excluding hydrogens is 470 g/mol. The average Bonchev–Trinajstić information content (AvgIpc) is 2.96. The first-order chi connectivity index (χ1) is 12.3. The van der Waals surface area contributed by atoms with E-state index in [1.165, 1.54) is 35.8 Å². The number of hydrogen-bond donors (Lipinski definition) is 0. The van der Waals surface area contributed by atoms with E-state index in [1.807, 2.05) is 47.3 Å². The summed E-state index contributed by atoms with van der Waals surface area (Å²) in [6, 6.07) is 14.5. The molecule has 27 heavy (non-hydrogen) atoms. The molecule has 5 nitrogen and oxygen atoms in total. The maximum Gasteiger partial charge on any atom is 0.242 e. The SMILES string of the molecule is Br.CN(C)S(=O)(=O)c1cc(Cl)cc(-c2csc(=Nc3ccccc3)n2C)c1. The van der Waals surface area contributed by atoms with Crippen molar-refractivity contribution in [2.24, 2.45) is 12.0 Å². The molecule has 9 heteroatoms. The van der Waals surface area contributed by atoms with Gasteiger partial charge in [-0.3, -0.25) is 0 Å². The van der Waals surface area contributed by atoms with Crippen LogP contribution in [0, 0.1) is 0 Å². The van der Waals surface area contributed by atoms with E-state index in [-0.39, 0.29) is 21.9 Å². The summed E-state index contributed by atoms with van der Waals surface area (Å²) in [5.74, 6) is 0. The molecule has 3 rings (SSSR count). The predicted octanol–water partition coefficient (Wildman–Crippen LogP) is 4.47. The maximum atomic E-state index is 12.4. The predicted molar refractivity (Wildman–Crippen MR) is 117 cm³/mol. The van der Waals surface area contributed by atoms with Crippen molar-refractivity contribution in [3.8, 4) is 11.3 Å². The largest absolute Gasteiger partial charge is 0.320 e. The van der Waals surface area contributed by atoms with Crippen molar-refractivity contribution in [1.82, 2.24) is 8.87 Å². The van der Waals surface area contributed by atoms with Gasteiger partial charge in [0.2, 0.25) is 10.0 Å². The van der Waals surface area contributed by atoms with Crippen LogP contribution >= 0.6 is 39.9 Å². The molecule has 0 unspecified atom stereocenters. The highest BCUT2D eigenvalue weighted by molar-refractivity contribution is 8.93. The molecule has 0 amide bonds. The molecule has 0 aliphatic rings. The molecule has 2 aromatic carbocycles. The fourth-order valence-corrected chi connectivity index (χ4v) is 4.62. The normalized spacial score (nSPS) is 12.3. The van der Waals surface area contributed by atoms with Crippen LogP contribution in [0.2, 0.25) is 5.02 Å². The second-order valence-corrected chi connectivity index (χ2v) is 9.30. The molecule has 0 radical (unpaired) electrons. The number of hydrogen-bond acceptors (Lipinski definition) is 4. The first-order valence-electron chi connectivity index (χ1n) is 7.77. The third-order valence-electron chi connectivity index (χ3n) is 3.85. The summed E-state index contributed by atoms with van der Waals surface area (Å²) < 4.78 is 28.0. The summed E-state index contributed by atoms with van der Waals surface area (Å²) in [5, 5.41) is 2.31. The smallest absolute Gasteiger partial charge is 0.242 e. The van der Waals surface area contributed by atoms with Crippen molar-refractivity contribution in [3.63, 3.8) is 0 Å². The van der Waals surface area contributed by atoms with E-state index < -0.39 is 10.0 Å². The van der Waals surface area contributed by atoms with Crippen molar-refractivity contribution < 1.29 is 8.42 Å². The topological polar surface area (TPSA) is 54.7 Å². The van der Waals surface area contributed by atoms with Gasteiger partial charge < -0.3 is 4.57 Å². The highest BCUT2D eigenvalue weighted by atomic mass is 79.9. The number of halogens is 2. The lowest BCUT2D eigenvalue weighted by Gasteiger charge is -2.13. The summed E-state index contributed by atoms with van der Waals surface area (Å²) in [4.78, 5) is 5.60. The van der Waals surface area contributed by atoms with Crippen molar-refractivity contribution in [1.29, 1.82) is 0 Å². The number of rotatable bonds is 4. The lowest BCUT2D eigenvalue weighted by atomic mass is 10.2. The van der Waals surface area contributed by atoms with Gasteiger partial charge >= 0.3 is 0 Å². The minimum Gasteiger partial charge on any atom is -0.320 e. The van der Waals surface area contributed by atoms with Gasteiger partial charge in [0.15, 0.2) is 4.80 Å². The standard InChI is InChI=1S/C18H18ClN3O2S2.BrH/c1-21(2)26(23,24)16-10-13(9-14(19)11-16)17-12-25-18(22(17)3)20-15-7-5-4-6-8-15;/h4-12H,1-3H3;1H. The number of para-hydroxylation sites is 1. The van der Waals surface area contributed by atoms with Gasteiger partial charge in [0.05, 0.1) is 16.3 Å². The summed E-state index contributed by atoms with van der Waals surface area (Å²) in [6.07, 6.45) is 0. The highest BCUT2D eigenvalue weighted by Crippen LogP contribution is 2.28. The van der Waals surface area contributed by atoms with Crippen LogP contribution in [0.15, 0.2) is 63.8 Å². The van der Waals surface area contributed by atoms with Gasteiger partial charge in [0.25, 0.3) is 0 Å². The molecule has 1 heterocycles. The van der Waals surface area contributed by atoms with Gasteiger partial charge in [0, 0.05) is 37.1 Å². The quantitative estimate of drug-likeness (QED) is 0.544. The molecule has 0 aliphatic carbocycles. The number of thiazole rings is 1. The Hall–Kier alpha value is -1.45. The summed E-state index contributed by atoms with van der Waals surface area (Å²) in [6.45, 7) is 0. The van der Waals surface area contributed by atoms with Crippen molar-refractivity contribution >= 4 is 55.6 Å². The second kappa shape index (κ2) is 8.70. The molecule has 0 aliphatic heterocycles.